The van der Waals surface area contributed by atoms with Crippen LogP contribution in [0.15, 0.2) is 273 Å². The van der Waals surface area contributed by atoms with E-state index in [2.05, 4.69) is 0 Å². The maximum Gasteiger partial charge on any atom is 0.338 e. The second kappa shape index (κ2) is 39.8. The zero-order chi connectivity index (χ0) is 79.0. The van der Waals surface area contributed by atoms with E-state index in [0.717, 1.165) is 0 Å². The van der Waals surface area contributed by atoms with Gasteiger partial charge in [-0.3, -0.25) is 0 Å². The largest absolute Gasteiger partial charge is 0.459 e. The Morgan fingerprint density at radius 2 is 0.368 bits per heavy atom. The lowest BCUT2D eigenvalue weighted by molar-refractivity contribution is -0.332. The van der Waals surface area contributed by atoms with Gasteiger partial charge in [-0.15, -0.1) is 0 Å². The summed E-state index contributed by atoms with van der Waals surface area (Å²) in [6.45, 7) is -5.16. The van der Waals surface area contributed by atoms with Crippen molar-refractivity contribution in [2.75, 3.05) is 59.5 Å². The summed E-state index contributed by atoms with van der Waals surface area (Å²) < 4.78 is 117. The van der Waals surface area contributed by atoms with Crippen molar-refractivity contribution >= 4 is 53.7 Å². The fraction of sp³-hybridized carbons (Fsp3) is 0.276. The first-order chi connectivity index (χ1) is 55.8. The van der Waals surface area contributed by atoms with Gasteiger partial charge in [0.2, 0.25) is 0 Å². The summed E-state index contributed by atoms with van der Waals surface area (Å²) in [6.07, 6.45) is -25.4. The molecular formula is C87H78O27. The Morgan fingerprint density at radius 3 is 0.553 bits per heavy atom. The lowest BCUT2D eigenvalue weighted by atomic mass is 9.97. The van der Waals surface area contributed by atoms with E-state index >= 15 is 0 Å². The van der Waals surface area contributed by atoms with Crippen molar-refractivity contribution in [3.63, 3.8) is 0 Å². The molecule has 0 aliphatic carbocycles. The summed E-state index contributed by atoms with van der Waals surface area (Å²) in [5.74, 6) is -8.11. The van der Waals surface area contributed by atoms with Gasteiger partial charge in [0, 0.05) is 0 Å². The summed E-state index contributed by atoms with van der Waals surface area (Å²) in [5.41, 5.74) is 0.704. The highest BCUT2D eigenvalue weighted by Gasteiger charge is 2.56. The molecule has 9 aromatic rings. The zero-order valence-corrected chi connectivity index (χ0v) is 61.0. The molecule has 0 N–H and O–H groups in total. The molecule has 15 atom stereocenters. The number of ether oxygens (including phenoxy) is 18. The van der Waals surface area contributed by atoms with Crippen LogP contribution in [0.2, 0.25) is 0 Å². The van der Waals surface area contributed by atoms with Gasteiger partial charge >= 0.3 is 53.7 Å². The van der Waals surface area contributed by atoms with Crippen LogP contribution in [0.1, 0.15) is 93.2 Å². The van der Waals surface area contributed by atoms with Crippen molar-refractivity contribution < 1.29 is 128 Å². The van der Waals surface area contributed by atoms with Crippen molar-refractivity contribution in [3.8, 4) is 0 Å². The van der Waals surface area contributed by atoms with Gasteiger partial charge in [-0.2, -0.15) is 0 Å². The SMILES string of the molecule is O=C(OC[C@H]1O[C@H]2OCCO[C@H]3[C@H](OCCO[C@H]4[C@H](OCCO[C@@H]2[C@@H](OC(=O)c2ccccc2)[C@@H]1OC(=O)c1ccccc1)O[C@H](COC(=O)c1ccccc1)[C@@H](OC(=O)c1ccccc1)[C@@H]4OC(=O)c1ccccc1)O[C@H](COC(=O)c1ccccc1)[C@@H](OC(=O)c1ccccc1)[C@@H]3OC(=O)c1ccccc1)c1ccccc1. The lowest BCUT2D eigenvalue weighted by Gasteiger charge is -2.46. The molecule has 0 aromatic heterocycles. The number of hydrogen-bond acceptors (Lipinski definition) is 27. The molecule has 4 saturated heterocycles. The van der Waals surface area contributed by atoms with Crippen LogP contribution >= 0.6 is 0 Å². The molecule has 27 nitrogen and oxygen atoms in total. The number of benzene rings is 9. The molecule has 0 amide bonds. The van der Waals surface area contributed by atoms with Gasteiger partial charge in [-0.1, -0.05) is 164 Å². The minimum atomic E-state index is -1.76. The van der Waals surface area contributed by atoms with Crippen molar-refractivity contribution in [2.24, 2.45) is 0 Å². The van der Waals surface area contributed by atoms with Crippen molar-refractivity contribution in [1.29, 1.82) is 0 Å². The molecule has 0 saturated carbocycles. The van der Waals surface area contributed by atoms with Gasteiger partial charge in [0.15, 0.2) is 55.5 Å². The van der Waals surface area contributed by atoms with E-state index in [9.17, 15) is 43.2 Å². The number of esters is 9. The number of carbonyl (C=O) groups is 9. The minimum Gasteiger partial charge on any atom is -0.459 e. The summed E-state index contributed by atoms with van der Waals surface area (Å²) in [5, 5.41) is 0. The van der Waals surface area contributed by atoms with Crippen LogP contribution in [0.5, 0.6) is 0 Å². The quantitative estimate of drug-likeness (QED) is 0.0476. The van der Waals surface area contributed by atoms with Gasteiger partial charge in [0.05, 0.1) is 89.7 Å². The third-order valence-electron chi connectivity index (χ3n) is 18.5. The van der Waals surface area contributed by atoms with Crippen LogP contribution in [0.25, 0.3) is 0 Å². The fourth-order valence-corrected chi connectivity index (χ4v) is 12.9. The zero-order valence-electron chi connectivity index (χ0n) is 61.0. The van der Waals surface area contributed by atoms with Crippen LogP contribution in [0, 0.1) is 0 Å². The Balaban J connectivity index is 0.924. The molecule has 4 heterocycles. The van der Waals surface area contributed by atoms with Crippen LogP contribution in [-0.4, -0.2) is 205 Å². The molecule has 4 aliphatic rings. The van der Waals surface area contributed by atoms with Crippen molar-refractivity contribution in [2.45, 2.75) is 92.1 Å². The lowest BCUT2D eigenvalue weighted by Crippen LogP contribution is -2.64. The second-order valence-corrected chi connectivity index (χ2v) is 26.1. The Morgan fingerprint density at radius 1 is 0.211 bits per heavy atom. The summed E-state index contributed by atoms with van der Waals surface area (Å²) >= 11 is 0. The van der Waals surface area contributed by atoms with Crippen molar-refractivity contribution in [3.05, 3.63) is 323 Å². The third-order valence-corrected chi connectivity index (χ3v) is 18.5. The molecule has 27 heteroatoms. The van der Waals surface area contributed by atoms with Crippen LogP contribution in [-0.2, 0) is 85.3 Å². The predicted molar refractivity (Wildman–Crippen MR) is 397 cm³/mol. The Hall–Kier alpha value is -12.2. The summed E-state index contributed by atoms with van der Waals surface area (Å²) in [4.78, 5) is 130. The van der Waals surface area contributed by atoms with Gasteiger partial charge in [0.1, 0.15) is 56.4 Å². The predicted octanol–water partition coefficient (Wildman–Crippen LogP) is 10.3. The van der Waals surface area contributed by atoms with Crippen molar-refractivity contribution in [1.82, 2.24) is 0 Å². The highest BCUT2D eigenvalue weighted by molar-refractivity contribution is 5.94. The highest BCUT2D eigenvalue weighted by Crippen LogP contribution is 2.36. The summed E-state index contributed by atoms with van der Waals surface area (Å²) in [6, 6.07) is 71.0. The number of carbonyl (C=O) groups excluding carboxylic acids is 9. The normalized spacial score (nSPS) is 24.5. The maximum atomic E-state index is 14.8. The number of rotatable bonds is 21. The van der Waals surface area contributed by atoms with Crippen LogP contribution in [0.3, 0.4) is 0 Å². The van der Waals surface area contributed by atoms with E-state index in [0.29, 0.717) is 0 Å². The summed E-state index contributed by atoms with van der Waals surface area (Å²) in [7, 11) is 0. The molecule has 9 aromatic carbocycles. The molecule has 588 valence electrons. The monoisotopic (exact) mass is 1550 g/mol. The van der Waals surface area contributed by atoms with E-state index in [1.807, 2.05) is 0 Å². The molecule has 0 radical (unpaired) electrons. The first-order valence-electron chi connectivity index (χ1n) is 36.7. The van der Waals surface area contributed by atoms with Gasteiger partial charge in [-0.05, 0) is 109 Å². The van der Waals surface area contributed by atoms with Gasteiger partial charge in [-0.25, -0.2) is 43.2 Å². The number of fused-ring (bicyclic) bond motifs is 3. The van der Waals surface area contributed by atoms with Crippen LogP contribution < -0.4 is 0 Å². The van der Waals surface area contributed by atoms with E-state index in [1.165, 1.54) is 109 Å². The average Bonchev–Trinajstić information content (AvgIpc) is 0.787. The molecule has 13 rings (SSSR count). The van der Waals surface area contributed by atoms with Gasteiger partial charge in [0.25, 0.3) is 0 Å². The Bertz CT molecular complexity index is 4170. The number of hydrogen-bond donors (Lipinski definition) is 0. The highest BCUT2D eigenvalue weighted by atomic mass is 16.8. The second-order valence-electron chi connectivity index (χ2n) is 26.1. The maximum absolute atomic E-state index is 14.8. The molecule has 4 fully saturated rings. The molecular weight excluding hydrogens is 1480 g/mol. The van der Waals surface area contributed by atoms with Crippen LogP contribution in [0.4, 0.5) is 0 Å². The van der Waals surface area contributed by atoms with E-state index in [4.69, 9.17) is 85.3 Å². The fourth-order valence-electron chi connectivity index (χ4n) is 12.9. The Labute approximate surface area is 653 Å². The first kappa shape index (κ1) is 79.9. The Kier molecular flexibility index (Phi) is 27.9. The molecule has 0 bridgehead atoms. The van der Waals surface area contributed by atoms with E-state index < -0.39 is 205 Å². The third kappa shape index (κ3) is 20.9. The molecule has 114 heavy (non-hydrogen) atoms. The molecule has 0 spiro atoms. The van der Waals surface area contributed by atoms with E-state index in [-0.39, 0.29) is 50.1 Å². The minimum absolute atomic E-state index is 0.0386. The molecule has 4 aliphatic heterocycles. The topological polar surface area (TPSA) is 320 Å². The first-order valence-corrected chi connectivity index (χ1v) is 36.7. The van der Waals surface area contributed by atoms with Gasteiger partial charge < -0.3 is 85.3 Å². The standard InChI is InChI=1S/C87H78O27/c88-76(55-28-10-1-11-29-55)103-52-64-67(109-79(91)58-34-16-4-17-35-58)70(112-82(94)61-40-22-7-23-41-61)73-85(106-64)100-49-46-98-74-71(113-83(95)62-42-24-8-25-43-62)68(110-80(92)59-36-18-5-19-37-59)65(53-104-77(89)56-30-12-2-13-31-56)107-86(74)102-51-48-99-75-72(114-84(96)63-44-26-9-27-45-63)69(111-81(93)60-38-20-6-21-39-60)66(108-87(75)101-50-47-97-73)54-105-78(90)57-32-14-3-15-33-57/h1-45,64-75,85-87H,46-54H2/t64-,65-,66-,67-,68-,69-,70+,71+,72+,73-,74-,75-,85-,86-,87-/m1/s1. The average molecular weight is 1560 g/mol. The smallest absolute Gasteiger partial charge is 0.338 e. The molecule has 0 unspecified atom stereocenters. The van der Waals surface area contributed by atoms with E-state index in [1.54, 1.807) is 164 Å².